The molecule has 0 saturated heterocycles. The molecule has 0 radical (unpaired) electrons. The Balaban J connectivity index is 2.20. The minimum Gasteiger partial charge on any atom is -0.469 e. The number of ketones is 1. The van der Waals surface area contributed by atoms with Crippen LogP contribution in [0.2, 0.25) is 5.02 Å². The monoisotopic (exact) mass is 265 g/mol. The van der Waals surface area contributed by atoms with Crippen molar-refractivity contribution in [2.75, 3.05) is 7.11 Å². The van der Waals surface area contributed by atoms with Crippen LogP contribution in [0.3, 0.4) is 0 Å². The van der Waals surface area contributed by atoms with Gasteiger partial charge in [0.2, 0.25) is 0 Å². The summed E-state index contributed by atoms with van der Waals surface area (Å²) in [6.07, 6.45) is 1.87. The number of rotatable bonds is 4. The molecule has 0 fully saturated rings. The molecule has 5 heteroatoms. The van der Waals surface area contributed by atoms with Crippen molar-refractivity contribution in [1.29, 1.82) is 0 Å². The largest absolute Gasteiger partial charge is 0.469 e. The lowest BCUT2D eigenvalue weighted by atomic mass is 10.1. The summed E-state index contributed by atoms with van der Waals surface area (Å²) in [6, 6.07) is 5.28. The summed E-state index contributed by atoms with van der Waals surface area (Å²) in [5.74, 6) is -0.472. The second kappa shape index (κ2) is 5.23. The average molecular weight is 266 g/mol. The smallest absolute Gasteiger partial charge is 0.305 e. The number of benzene rings is 1. The van der Waals surface area contributed by atoms with E-state index in [0.29, 0.717) is 10.6 Å². The fourth-order valence-electron chi connectivity index (χ4n) is 1.78. The zero-order chi connectivity index (χ0) is 13.1. The third-order valence-electron chi connectivity index (χ3n) is 2.73. The Kier molecular flexibility index (Phi) is 3.67. The van der Waals surface area contributed by atoms with Crippen LogP contribution in [0.5, 0.6) is 0 Å². The molecule has 1 aromatic heterocycles. The van der Waals surface area contributed by atoms with Gasteiger partial charge in [0.25, 0.3) is 0 Å². The van der Waals surface area contributed by atoms with Crippen molar-refractivity contribution in [3.05, 3.63) is 35.0 Å². The first-order valence-corrected chi connectivity index (χ1v) is 5.86. The summed E-state index contributed by atoms with van der Waals surface area (Å²) in [5.41, 5.74) is 1.38. The summed E-state index contributed by atoms with van der Waals surface area (Å²) < 4.78 is 4.50. The van der Waals surface area contributed by atoms with Gasteiger partial charge in [-0.1, -0.05) is 17.7 Å². The van der Waals surface area contributed by atoms with Gasteiger partial charge in [0, 0.05) is 34.1 Å². The molecule has 0 aliphatic carbocycles. The number of Topliss-reactive ketones (excluding diaryl/α,β-unsaturated/α-hetero) is 1. The molecule has 1 N–H and O–H groups in total. The maximum Gasteiger partial charge on any atom is 0.305 e. The van der Waals surface area contributed by atoms with Crippen molar-refractivity contribution < 1.29 is 14.3 Å². The molecule has 94 valence electrons. The van der Waals surface area contributed by atoms with E-state index < -0.39 is 0 Å². The van der Waals surface area contributed by atoms with Crippen LogP contribution in [0.25, 0.3) is 10.9 Å². The topological polar surface area (TPSA) is 59.2 Å². The third kappa shape index (κ3) is 2.54. The molecule has 0 bridgehead atoms. The van der Waals surface area contributed by atoms with Crippen LogP contribution in [-0.2, 0) is 9.53 Å². The number of ether oxygens (including phenoxy) is 1. The second-order valence-electron chi connectivity index (χ2n) is 3.89. The SMILES string of the molecule is COC(=O)CCC(=O)c1c[nH]c2cc(Cl)ccc12. The van der Waals surface area contributed by atoms with Crippen molar-refractivity contribution in [3.63, 3.8) is 0 Å². The molecule has 18 heavy (non-hydrogen) atoms. The van der Waals surface area contributed by atoms with Gasteiger partial charge in [-0.3, -0.25) is 9.59 Å². The van der Waals surface area contributed by atoms with Gasteiger partial charge in [-0.05, 0) is 12.1 Å². The minimum atomic E-state index is -0.383. The van der Waals surface area contributed by atoms with E-state index in [-0.39, 0.29) is 24.6 Å². The number of hydrogen-bond donors (Lipinski definition) is 1. The summed E-state index contributed by atoms with van der Waals surface area (Å²) >= 11 is 5.86. The van der Waals surface area contributed by atoms with Crippen LogP contribution >= 0.6 is 11.6 Å². The Morgan fingerprint density at radius 1 is 1.33 bits per heavy atom. The summed E-state index contributed by atoms with van der Waals surface area (Å²) in [5, 5.41) is 1.42. The molecule has 0 aliphatic heterocycles. The maximum absolute atomic E-state index is 12.0. The molecule has 1 aromatic carbocycles. The normalized spacial score (nSPS) is 10.6. The van der Waals surface area contributed by atoms with Crippen LogP contribution in [0.4, 0.5) is 0 Å². The highest BCUT2D eigenvalue weighted by atomic mass is 35.5. The number of aromatic nitrogens is 1. The number of H-pyrrole nitrogens is 1. The van der Waals surface area contributed by atoms with E-state index in [9.17, 15) is 9.59 Å². The van der Waals surface area contributed by atoms with Crippen LogP contribution < -0.4 is 0 Å². The quantitative estimate of drug-likeness (QED) is 0.683. The summed E-state index contributed by atoms with van der Waals surface area (Å²) in [4.78, 5) is 25.9. The van der Waals surface area contributed by atoms with Gasteiger partial charge in [0.05, 0.1) is 13.5 Å². The lowest BCUT2D eigenvalue weighted by Crippen LogP contribution is -2.05. The maximum atomic E-state index is 12.0. The Morgan fingerprint density at radius 2 is 2.11 bits per heavy atom. The Hall–Kier alpha value is -1.81. The highest BCUT2D eigenvalue weighted by Crippen LogP contribution is 2.23. The first-order chi connectivity index (χ1) is 8.61. The number of aromatic amines is 1. The number of carbonyl (C=O) groups excluding carboxylic acids is 2. The summed E-state index contributed by atoms with van der Waals surface area (Å²) in [7, 11) is 1.31. The van der Waals surface area contributed by atoms with Crippen molar-refractivity contribution in [1.82, 2.24) is 4.98 Å². The number of nitrogens with one attached hydrogen (secondary N) is 1. The predicted octanol–water partition coefficient (Wildman–Crippen LogP) is 2.96. The number of esters is 1. The standard InChI is InChI=1S/C13H12ClNO3/c1-18-13(17)5-4-12(16)10-7-15-11-6-8(14)2-3-9(10)11/h2-3,6-7,15H,4-5H2,1H3. The number of carbonyl (C=O) groups is 2. The molecule has 4 nitrogen and oxygen atoms in total. The first kappa shape index (κ1) is 12.6. The van der Waals surface area contributed by atoms with Crippen molar-refractivity contribution in [2.24, 2.45) is 0 Å². The van der Waals surface area contributed by atoms with E-state index in [0.717, 1.165) is 10.9 Å². The van der Waals surface area contributed by atoms with Crippen molar-refractivity contribution in [2.45, 2.75) is 12.8 Å². The first-order valence-electron chi connectivity index (χ1n) is 5.48. The van der Waals surface area contributed by atoms with Crippen LogP contribution in [0.15, 0.2) is 24.4 Å². The lowest BCUT2D eigenvalue weighted by Gasteiger charge is -1.99. The third-order valence-corrected chi connectivity index (χ3v) is 2.96. The molecule has 2 rings (SSSR count). The molecule has 0 amide bonds. The number of fused-ring (bicyclic) bond motifs is 1. The van der Waals surface area contributed by atoms with Crippen LogP contribution in [-0.4, -0.2) is 23.8 Å². The molecule has 0 unspecified atom stereocenters. The molecule has 0 spiro atoms. The molecular weight excluding hydrogens is 254 g/mol. The zero-order valence-corrected chi connectivity index (χ0v) is 10.6. The molecular formula is C13H12ClNO3. The fourth-order valence-corrected chi connectivity index (χ4v) is 1.95. The van der Waals surface area contributed by atoms with Gasteiger partial charge in [-0.25, -0.2) is 0 Å². The Morgan fingerprint density at radius 3 is 2.83 bits per heavy atom. The zero-order valence-electron chi connectivity index (χ0n) is 9.83. The van der Waals surface area contributed by atoms with Crippen molar-refractivity contribution >= 4 is 34.3 Å². The van der Waals surface area contributed by atoms with Gasteiger partial charge in [-0.15, -0.1) is 0 Å². The van der Waals surface area contributed by atoms with Gasteiger partial charge in [0.1, 0.15) is 0 Å². The van der Waals surface area contributed by atoms with E-state index >= 15 is 0 Å². The molecule has 2 aromatic rings. The highest BCUT2D eigenvalue weighted by Gasteiger charge is 2.13. The van der Waals surface area contributed by atoms with Gasteiger partial charge in [0.15, 0.2) is 5.78 Å². The van der Waals surface area contributed by atoms with Gasteiger partial charge < -0.3 is 9.72 Å². The van der Waals surface area contributed by atoms with Crippen molar-refractivity contribution in [3.8, 4) is 0 Å². The van der Waals surface area contributed by atoms with Gasteiger partial charge >= 0.3 is 5.97 Å². The van der Waals surface area contributed by atoms with Crippen LogP contribution in [0, 0.1) is 0 Å². The average Bonchev–Trinajstić information content (AvgIpc) is 2.78. The van der Waals surface area contributed by atoms with E-state index in [1.807, 2.05) is 0 Å². The highest BCUT2D eigenvalue weighted by molar-refractivity contribution is 6.31. The minimum absolute atomic E-state index is 0.0889. The van der Waals surface area contributed by atoms with Gasteiger partial charge in [-0.2, -0.15) is 0 Å². The fraction of sp³-hybridized carbons (Fsp3) is 0.231. The molecule has 0 saturated carbocycles. The number of methoxy groups -OCH3 is 1. The van der Waals surface area contributed by atoms with E-state index in [1.54, 1.807) is 24.4 Å². The predicted molar refractivity (Wildman–Crippen MR) is 68.9 cm³/mol. The number of hydrogen-bond acceptors (Lipinski definition) is 3. The molecule has 1 heterocycles. The Labute approximate surface area is 109 Å². The second-order valence-corrected chi connectivity index (χ2v) is 4.33. The Bertz CT molecular complexity index is 603. The number of halogens is 1. The van der Waals surface area contributed by atoms with E-state index in [2.05, 4.69) is 9.72 Å². The van der Waals surface area contributed by atoms with Crippen LogP contribution in [0.1, 0.15) is 23.2 Å². The molecule has 0 aliphatic rings. The van der Waals surface area contributed by atoms with E-state index in [4.69, 9.17) is 11.6 Å². The summed E-state index contributed by atoms with van der Waals surface area (Å²) in [6.45, 7) is 0. The van der Waals surface area contributed by atoms with E-state index in [1.165, 1.54) is 7.11 Å². The lowest BCUT2D eigenvalue weighted by molar-refractivity contribution is -0.140. The molecule has 0 atom stereocenters.